The van der Waals surface area contributed by atoms with E-state index in [0.717, 1.165) is 9.87 Å². The number of carbonyl (C=O) groups is 1. The van der Waals surface area contributed by atoms with Crippen molar-refractivity contribution in [2.45, 2.75) is 18.7 Å². The van der Waals surface area contributed by atoms with Crippen LogP contribution in [0.1, 0.15) is 11.4 Å². The van der Waals surface area contributed by atoms with Gasteiger partial charge in [-0.15, -0.1) is 10.2 Å². The van der Waals surface area contributed by atoms with Crippen LogP contribution >= 0.6 is 0 Å². The number of rotatable bonds is 5. The lowest BCUT2D eigenvalue weighted by molar-refractivity contribution is -0.138. The third-order valence-electron chi connectivity index (χ3n) is 3.93. The van der Waals surface area contributed by atoms with E-state index in [1.807, 2.05) is 13.0 Å². The van der Waals surface area contributed by atoms with Crippen LogP contribution in [0.4, 0.5) is 5.69 Å². The molecule has 3 aromatic rings. The number of sulfonamides is 1. The van der Waals surface area contributed by atoms with Gasteiger partial charge in [0.2, 0.25) is 0 Å². The first-order chi connectivity index (χ1) is 12.3. The molecular weight excluding hydrogens is 356 g/mol. The highest BCUT2D eigenvalue weighted by Gasteiger charge is 2.30. The fourth-order valence-corrected chi connectivity index (χ4v) is 4.13. The number of aromatic nitrogens is 3. The number of ether oxygens (including phenoxy) is 1. The van der Waals surface area contributed by atoms with Gasteiger partial charge in [-0.25, -0.2) is 8.42 Å². The molecule has 0 bridgehead atoms. The van der Waals surface area contributed by atoms with E-state index >= 15 is 0 Å². The molecule has 26 heavy (non-hydrogen) atoms. The molecule has 0 atom stereocenters. The summed E-state index contributed by atoms with van der Waals surface area (Å²) < 4.78 is 34.0. The van der Waals surface area contributed by atoms with E-state index in [1.165, 1.54) is 13.2 Å². The Morgan fingerprint density at radius 2 is 1.96 bits per heavy atom. The minimum Gasteiger partial charge on any atom is -0.468 e. The number of pyridine rings is 1. The van der Waals surface area contributed by atoms with Crippen LogP contribution in [0.3, 0.4) is 0 Å². The summed E-state index contributed by atoms with van der Waals surface area (Å²) in [5, 5.41) is 7.90. The molecule has 0 fully saturated rings. The highest BCUT2D eigenvalue weighted by Crippen LogP contribution is 2.26. The summed E-state index contributed by atoms with van der Waals surface area (Å²) in [6, 6.07) is 9.93. The lowest BCUT2D eigenvalue weighted by atomic mass is 10.2. The number of nitrogens with zero attached hydrogens (tertiary/aromatic N) is 4. The van der Waals surface area contributed by atoms with Crippen molar-refractivity contribution in [2.24, 2.45) is 0 Å². The summed E-state index contributed by atoms with van der Waals surface area (Å²) in [7, 11) is -2.87. The van der Waals surface area contributed by atoms with Gasteiger partial charge < -0.3 is 4.74 Å². The second kappa shape index (κ2) is 6.75. The van der Waals surface area contributed by atoms with Gasteiger partial charge in [-0.2, -0.15) is 0 Å². The Bertz CT molecular complexity index is 1080. The van der Waals surface area contributed by atoms with Crippen LogP contribution in [-0.4, -0.2) is 42.6 Å². The smallest absolute Gasteiger partial charge is 0.326 e. The van der Waals surface area contributed by atoms with E-state index in [2.05, 4.69) is 14.9 Å². The Labute approximate surface area is 151 Å². The van der Waals surface area contributed by atoms with Crippen LogP contribution in [0.2, 0.25) is 0 Å². The second-order valence-electron chi connectivity index (χ2n) is 5.74. The van der Waals surface area contributed by atoms with Crippen molar-refractivity contribution >= 4 is 27.3 Å². The molecule has 2 heterocycles. The number of aryl methyl sites for hydroxylation is 2. The first-order valence-electron chi connectivity index (χ1n) is 7.81. The third kappa shape index (κ3) is 3.13. The van der Waals surface area contributed by atoms with Crippen molar-refractivity contribution in [3.8, 4) is 0 Å². The molecule has 0 N–H and O–H groups in total. The molecule has 0 aliphatic carbocycles. The van der Waals surface area contributed by atoms with Crippen molar-refractivity contribution in [3.05, 3.63) is 54.0 Å². The highest BCUT2D eigenvalue weighted by atomic mass is 32.2. The quantitative estimate of drug-likeness (QED) is 0.631. The molecule has 0 radical (unpaired) electrons. The number of hydrogen-bond acceptors (Lipinski definition) is 6. The Morgan fingerprint density at radius 3 is 2.65 bits per heavy atom. The molecule has 0 unspecified atom stereocenters. The number of fused-ring (bicyclic) bond motifs is 1. The second-order valence-corrected chi connectivity index (χ2v) is 7.57. The van der Waals surface area contributed by atoms with Crippen molar-refractivity contribution in [2.75, 3.05) is 18.0 Å². The number of anilines is 1. The van der Waals surface area contributed by atoms with Crippen LogP contribution in [-0.2, 0) is 19.6 Å². The normalized spacial score (nSPS) is 11.5. The number of esters is 1. The summed E-state index contributed by atoms with van der Waals surface area (Å²) in [6.07, 6.45) is 1.68. The Hall–Kier alpha value is -2.94. The van der Waals surface area contributed by atoms with Gasteiger partial charge in [0.05, 0.1) is 12.8 Å². The predicted molar refractivity (Wildman–Crippen MR) is 95.5 cm³/mol. The average Bonchev–Trinajstić information content (AvgIpc) is 3.00. The molecule has 0 saturated heterocycles. The van der Waals surface area contributed by atoms with Gasteiger partial charge in [0, 0.05) is 6.20 Å². The van der Waals surface area contributed by atoms with Gasteiger partial charge in [-0.1, -0.05) is 12.1 Å². The molecule has 1 aromatic carbocycles. The maximum atomic E-state index is 13.4. The topological polar surface area (TPSA) is 93.9 Å². The van der Waals surface area contributed by atoms with Gasteiger partial charge in [-0.3, -0.25) is 13.5 Å². The number of hydrogen-bond donors (Lipinski definition) is 0. The molecule has 0 saturated carbocycles. The summed E-state index contributed by atoms with van der Waals surface area (Å²) in [5.74, 6) is -0.105. The van der Waals surface area contributed by atoms with Crippen LogP contribution in [0, 0.1) is 13.8 Å². The standard InChI is InChI=1S/C17H18N4O4S/c1-12-6-4-7-14(10-12)21(11-16(22)25-3)26(23,24)15-8-5-9-20-13(2)18-19-17(15)20/h4-10H,11H2,1-3H3. The fraction of sp³-hybridized carbons (Fsp3) is 0.235. The van der Waals surface area contributed by atoms with Gasteiger partial charge >= 0.3 is 5.97 Å². The van der Waals surface area contributed by atoms with Crippen molar-refractivity contribution < 1.29 is 17.9 Å². The Kier molecular flexibility index (Phi) is 4.64. The summed E-state index contributed by atoms with van der Waals surface area (Å²) in [5.41, 5.74) is 1.44. The largest absolute Gasteiger partial charge is 0.468 e. The van der Waals surface area contributed by atoms with Gasteiger partial charge in [0.25, 0.3) is 10.0 Å². The zero-order valence-corrected chi connectivity index (χ0v) is 15.4. The summed E-state index contributed by atoms with van der Waals surface area (Å²) in [6.45, 7) is 3.12. The molecule has 0 aliphatic heterocycles. The van der Waals surface area contributed by atoms with Crippen LogP contribution in [0.15, 0.2) is 47.5 Å². The zero-order chi connectivity index (χ0) is 18.9. The molecular formula is C17H18N4O4S. The average molecular weight is 374 g/mol. The Morgan fingerprint density at radius 1 is 1.19 bits per heavy atom. The summed E-state index contributed by atoms with van der Waals surface area (Å²) >= 11 is 0. The Balaban J connectivity index is 2.19. The van der Waals surface area contributed by atoms with E-state index in [-0.39, 0.29) is 10.5 Å². The summed E-state index contributed by atoms with van der Waals surface area (Å²) in [4.78, 5) is 11.8. The first kappa shape index (κ1) is 17.9. The van der Waals surface area contributed by atoms with E-state index < -0.39 is 22.5 Å². The van der Waals surface area contributed by atoms with Crippen molar-refractivity contribution in [1.82, 2.24) is 14.6 Å². The lowest BCUT2D eigenvalue weighted by Crippen LogP contribution is -2.36. The minimum absolute atomic E-state index is 0.0361. The molecule has 0 spiro atoms. The first-order valence-corrected chi connectivity index (χ1v) is 9.25. The fourth-order valence-electron chi connectivity index (χ4n) is 2.61. The van der Waals surface area contributed by atoms with E-state index in [4.69, 9.17) is 0 Å². The molecule has 136 valence electrons. The molecule has 0 amide bonds. The maximum absolute atomic E-state index is 13.4. The van der Waals surface area contributed by atoms with E-state index in [1.54, 1.807) is 41.8 Å². The van der Waals surface area contributed by atoms with E-state index in [0.29, 0.717) is 11.5 Å². The third-order valence-corrected chi connectivity index (χ3v) is 5.72. The predicted octanol–water partition coefficient (Wildman–Crippen LogP) is 1.71. The number of carbonyl (C=O) groups excluding carboxylic acids is 1. The van der Waals surface area contributed by atoms with Gasteiger partial charge in [0.15, 0.2) is 5.65 Å². The maximum Gasteiger partial charge on any atom is 0.326 e. The van der Waals surface area contributed by atoms with Crippen molar-refractivity contribution in [3.63, 3.8) is 0 Å². The van der Waals surface area contributed by atoms with Crippen LogP contribution < -0.4 is 4.31 Å². The van der Waals surface area contributed by atoms with Crippen molar-refractivity contribution in [1.29, 1.82) is 0 Å². The number of methoxy groups -OCH3 is 1. The highest BCUT2D eigenvalue weighted by molar-refractivity contribution is 7.93. The SMILES string of the molecule is COC(=O)CN(c1cccc(C)c1)S(=O)(=O)c1cccn2c(C)nnc12. The lowest BCUT2D eigenvalue weighted by Gasteiger charge is -2.23. The van der Waals surface area contributed by atoms with Crippen LogP contribution in [0.25, 0.3) is 5.65 Å². The minimum atomic E-state index is -4.08. The van der Waals surface area contributed by atoms with Gasteiger partial charge in [0.1, 0.15) is 17.3 Å². The molecule has 3 rings (SSSR count). The van der Waals surface area contributed by atoms with Gasteiger partial charge in [-0.05, 0) is 43.7 Å². The molecule has 8 nitrogen and oxygen atoms in total. The van der Waals surface area contributed by atoms with E-state index in [9.17, 15) is 13.2 Å². The zero-order valence-electron chi connectivity index (χ0n) is 14.6. The monoisotopic (exact) mass is 374 g/mol. The molecule has 0 aliphatic rings. The molecule has 2 aromatic heterocycles. The molecule has 9 heteroatoms. The number of benzene rings is 1. The van der Waals surface area contributed by atoms with Crippen LogP contribution in [0.5, 0.6) is 0 Å².